The standard InChI is InChI=1S/C24H23N3O3P/c28-23-18-22(24(29)27(23)21-14-8-3-9-15-21)31(30)25(19-10-4-1-5-11-19)16-17-26(31)20-12-6-2-7-13-20/h1-15,22,30H,16-18H2. The average molecular weight is 432 g/mol. The molecule has 0 saturated carbocycles. The zero-order chi connectivity index (χ0) is 21.4. The van der Waals surface area contributed by atoms with Crippen molar-refractivity contribution in [1.82, 2.24) is 0 Å². The molecule has 0 aliphatic carbocycles. The van der Waals surface area contributed by atoms with Crippen LogP contribution in [0.5, 0.6) is 0 Å². The van der Waals surface area contributed by atoms with Crippen LogP contribution in [0.4, 0.5) is 17.1 Å². The average Bonchev–Trinajstić information content (AvgIpc) is 3.32. The van der Waals surface area contributed by atoms with Gasteiger partial charge in [-0.2, -0.15) is 0 Å². The van der Waals surface area contributed by atoms with E-state index in [0.717, 1.165) is 11.4 Å². The Labute approximate surface area is 181 Å². The Kier molecular flexibility index (Phi) is 4.97. The molecule has 2 saturated heterocycles. The molecule has 7 heteroatoms. The number of rotatable bonds is 4. The van der Waals surface area contributed by atoms with E-state index in [0.29, 0.717) is 18.8 Å². The number of hydrogen-bond acceptors (Lipinski definition) is 5. The fourth-order valence-corrected chi connectivity index (χ4v) is 7.94. The third kappa shape index (κ3) is 3.19. The molecule has 31 heavy (non-hydrogen) atoms. The molecule has 3 aromatic rings. The van der Waals surface area contributed by atoms with Crippen molar-refractivity contribution >= 4 is 36.7 Å². The lowest BCUT2D eigenvalue weighted by Crippen LogP contribution is -2.39. The maximum absolute atomic E-state index is 13.6. The van der Waals surface area contributed by atoms with Crippen LogP contribution in [0.3, 0.4) is 0 Å². The summed E-state index contributed by atoms with van der Waals surface area (Å²) in [5.41, 5.74) is 1.44. The van der Waals surface area contributed by atoms with Gasteiger partial charge in [-0.3, -0.25) is 9.59 Å². The van der Waals surface area contributed by atoms with Gasteiger partial charge in [0.2, 0.25) is 11.8 Å². The predicted octanol–water partition coefficient (Wildman–Crippen LogP) is 4.10. The number of amides is 2. The lowest BCUT2D eigenvalue weighted by molar-refractivity contribution is -0.121. The van der Waals surface area contributed by atoms with E-state index in [-0.39, 0.29) is 18.2 Å². The molecular formula is C24H23N3O3P. The zero-order valence-corrected chi connectivity index (χ0v) is 17.8. The summed E-state index contributed by atoms with van der Waals surface area (Å²) in [6.45, 7) is 1.15. The smallest absolute Gasteiger partial charge is 0.247 e. The summed E-state index contributed by atoms with van der Waals surface area (Å²) in [4.78, 5) is 40.1. The largest absolute Gasteiger partial charge is 0.345 e. The first-order valence-electron chi connectivity index (χ1n) is 10.3. The van der Waals surface area contributed by atoms with E-state index >= 15 is 0 Å². The van der Waals surface area contributed by atoms with Crippen molar-refractivity contribution in [1.29, 1.82) is 0 Å². The number of para-hydroxylation sites is 3. The summed E-state index contributed by atoms with van der Waals surface area (Å²) >= 11 is 0. The molecule has 2 aliphatic rings. The van der Waals surface area contributed by atoms with E-state index in [4.69, 9.17) is 0 Å². The molecule has 5 rings (SSSR count). The first-order valence-corrected chi connectivity index (χ1v) is 12.0. The molecule has 2 aliphatic heterocycles. The van der Waals surface area contributed by atoms with E-state index in [1.54, 1.807) is 24.3 Å². The number of hydrogen-bond donors (Lipinski definition) is 1. The van der Waals surface area contributed by atoms with Crippen LogP contribution < -0.4 is 14.2 Å². The van der Waals surface area contributed by atoms with Gasteiger partial charge in [0.15, 0.2) is 7.79 Å². The van der Waals surface area contributed by atoms with E-state index < -0.39 is 13.4 Å². The predicted molar refractivity (Wildman–Crippen MR) is 124 cm³/mol. The van der Waals surface area contributed by atoms with Crippen molar-refractivity contribution in [2.24, 2.45) is 0 Å². The SMILES string of the molecule is O=C1CC([P]2(O)N(c3ccccc3)CCN2c2ccccc2)C(=O)N1c1ccccc1. The first-order chi connectivity index (χ1) is 15.1. The third-order valence-electron chi connectivity index (χ3n) is 5.90. The Morgan fingerprint density at radius 1 is 0.677 bits per heavy atom. The normalized spacial score (nSPS) is 20.5. The van der Waals surface area contributed by atoms with Crippen molar-refractivity contribution in [2.45, 2.75) is 12.1 Å². The molecule has 2 fully saturated rings. The van der Waals surface area contributed by atoms with Gasteiger partial charge in [-0.1, -0.05) is 54.6 Å². The molecule has 1 N–H and O–H groups in total. The molecule has 1 atom stereocenters. The van der Waals surface area contributed by atoms with Crippen LogP contribution in [0, 0.1) is 0 Å². The number of anilines is 3. The maximum Gasteiger partial charge on any atom is 0.247 e. The highest BCUT2D eigenvalue weighted by Crippen LogP contribution is 2.71. The maximum atomic E-state index is 13.6. The lowest BCUT2D eigenvalue weighted by Gasteiger charge is -2.45. The minimum absolute atomic E-state index is 0.00925. The molecule has 157 valence electrons. The number of carbonyl (C=O) groups is 2. The summed E-state index contributed by atoms with van der Waals surface area (Å²) < 4.78 is 3.90. The Morgan fingerprint density at radius 3 is 1.55 bits per heavy atom. The molecule has 1 unspecified atom stereocenters. The van der Waals surface area contributed by atoms with E-state index in [2.05, 4.69) is 0 Å². The summed E-state index contributed by atoms with van der Waals surface area (Å²) in [7, 11) is -3.23. The highest BCUT2D eigenvalue weighted by molar-refractivity contribution is 7.75. The summed E-state index contributed by atoms with van der Waals surface area (Å²) in [5, 5.41) is 0. The fraction of sp³-hybridized carbons (Fsp3) is 0.167. The van der Waals surface area contributed by atoms with Gasteiger partial charge >= 0.3 is 0 Å². The van der Waals surface area contributed by atoms with Crippen LogP contribution >= 0.6 is 7.79 Å². The summed E-state index contributed by atoms with van der Waals surface area (Å²) in [5.74, 6) is -0.613. The minimum Gasteiger partial charge on any atom is -0.345 e. The Hall–Kier alpha value is -3.21. The second-order valence-corrected chi connectivity index (χ2v) is 10.5. The Morgan fingerprint density at radius 2 is 1.10 bits per heavy atom. The van der Waals surface area contributed by atoms with Crippen LogP contribution in [-0.2, 0) is 9.59 Å². The molecule has 2 heterocycles. The van der Waals surface area contributed by atoms with Gasteiger partial charge in [-0.25, -0.2) is 4.90 Å². The van der Waals surface area contributed by atoms with Crippen molar-refractivity contribution < 1.29 is 14.5 Å². The Balaban J connectivity index is 1.59. The zero-order valence-electron chi connectivity index (χ0n) is 16.9. The van der Waals surface area contributed by atoms with Crippen molar-refractivity contribution in [3.63, 3.8) is 0 Å². The molecule has 1 radical (unpaired) electrons. The van der Waals surface area contributed by atoms with Gasteiger partial charge in [0.25, 0.3) is 0 Å². The molecule has 0 bridgehead atoms. The van der Waals surface area contributed by atoms with E-state index in [1.165, 1.54) is 4.90 Å². The van der Waals surface area contributed by atoms with Gasteiger partial charge < -0.3 is 14.2 Å². The molecule has 6 nitrogen and oxygen atoms in total. The number of carbonyl (C=O) groups excluding carboxylic acids is 2. The van der Waals surface area contributed by atoms with Crippen LogP contribution in [-0.4, -0.2) is 35.5 Å². The second-order valence-electron chi connectivity index (χ2n) is 7.65. The molecule has 0 spiro atoms. The van der Waals surface area contributed by atoms with Crippen molar-refractivity contribution in [3.8, 4) is 0 Å². The van der Waals surface area contributed by atoms with E-state index in [1.807, 2.05) is 76.1 Å². The number of nitrogens with zero attached hydrogens (tertiary/aromatic N) is 3. The van der Waals surface area contributed by atoms with Gasteiger partial charge in [0.05, 0.1) is 5.69 Å². The fourth-order valence-electron chi connectivity index (χ4n) is 4.48. The summed E-state index contributed by atoms with van der Waals surface area (Å²) in [6, 6.07) is 28.2. The van der Waals surface area contributed by atoms with Crippen LogP contribution in [0.2, 0.25) is 0 Å². The quantitative estimate of drug-likeness (QED) is 0.497. The lowest BCUT2D eigenvalue weighted by atomic mass is 10.3. The van der Waals surface area contributed by atoms with Gasteiger partial charge in [0.1, 0.15) is 5.66 Å². The van der Waals surface area contributed by atoms with Crippen LogP contribution in [0.15, 0.2) is 91.0 Å². The Bertz CT molecular complexity index is 1050. The van der Waals surface area contributed by atoms with Crippen molar-refractivity contribution in [2.75, 3.05) is 27.3 Å². The van der Waals surface area contributed by atoms with Gasteiger partial charge in [-0.05, 0) is 36.4 Å². The van der Waals surface area contributed by atoms with Crippen molar-refractivity contribution in [3.05, 3.63) is 91.0 Å². The van der Waals surface area contributed by atoms with Crippen LogP contribution in [0.25, 0.3) is 0 Å². The van der Waals surface area contributed by atoms with Crippen LogP contribution in [0.1, 0.15) is 6.42 Å². The third-order valence-corrected chi connectivity index (χ3v) is 9.42. The highest BCUT2D eigenvalue weighted by Gasteiger charge is 2.58. The molecule has 2 amide bonds. The van der Waals surface area contributed by atoms with Gasteiger partial charge in [-0.15, -0.1) is 0 Å². The number of imide groups is 1. The van der Waals surface area contributed by atoms with E-state index in [9.17, 15) is 14.5 Å². The topological polar surface area (TPSA) is 64.1 Å². The first kappa shape index (κ1) is 19.7. The minimum atomic E-state index is -3.23. The summed E-state index contributed by atoms with van der Waals surface area (Å²) in [6.07, 6.45) is -0.00925. The monoisotopic (exact) mass is 432 g/mol. The van der Waals surface area contributed by atoms with Gasteiger partial charge in [0, 0.05) is 30.9 Å². The number of benzene rings is 3. The molecular weight excluding hydrogens is 409 g/mol. The second kappa shape index (κ2) is 7.80. The highest BCUT2D eigenvalue weighted by atomic mass is 31.2. The molecule has 3 aromatic carbocycles. The molecule has 0 aromatic heterocycles.